The Balaban J connectivity index is 2.19. The largest absolute Gasteiger partial charge is 0.330 e. The molecule has 2 rings (SSSR count). The molecule has 0 amide bonds. The van der Waals surface area contributed by atoms with Crippen molar-refractivity contribution < 1.29 is 0 Å². The highest BCUT2D eigenvalue weighted by molar-refractivity contribution is 7.10. The average molecular weight is 167 g/mol. The van der Waals surface area contributed by atoms with Gasteiger partial charge in [0.25, 0.3) is 0 Å². The van der Waals surface area contributed by atoms with E-state index >= 15 is 0 Å². The lowest BCUT2D eigenvalue weighted by Gasteiger charge is -2.06. The van der Waals surface area contributed by atoms with Crippen molar-refractivity contribution in [2.75, 3.05) is 6.54 Å². The zero-order chi connectivity index (χ0) is 7.90. The number of hydrogen-bond donors (Lipinski definition) is 1. The molecule has 1 aromatic heterocycles. The van der Waals surface area contributed by atoms with Crippen molar-refractivity contribution in [1.29, 1.82) is 0 Å². The van der Waals surface area contributed by atoms with Gasteiger partial charge in [0, 0.05) is 10.3 Å². The van der Waals surface area contributed by atoms with Gasteiger partial charge in [0.15, 0.2) is 0 Å². The van der Waals surface area contributed by atoms with Gasteiger partial charge in [0.1, 0.15) is 0 Å². The fourth-order valence-electron chi connectivity index (χ4n) is 1.70. The van der Waals surface area contributed by atoms with Crippen LogP contribution in [0, 0.1) is 5.92 Å². The third-order valence-electron chi connectivity index (χ3n) is 2.78. The lowest BCUT2D eigenvalue weighted by atomic mass is 10.1. The Morgan fingerprint density at radius 1 is 1.82 bits per heavy atom. The van der Waals surface area contributed by atoms with Crippen LogP contribution < -0.4 is 5.73 Å². The first-order chi connectivity index (χ1) is 5.27. The minimum atomic E-state index is 0.433. The van der Waals surface area contributed by atoms with E-state index in [0.29, 0.717) is 5.41 Å². The first-order valence-electron chi connectivity index (χ1n) is 4.01. The number of hydrogen-bond acceptors (Lipinski definition) is 2. The van der Waals surface area contributed by atoms with Gasteiger partial charge >= 0.3 is 0 Å². The van der Waals surface area contributed by atoms with Crippen molar-refractivity contribution in [2.45, 2.75) is 18.8 Å². The van der Waals surface area contributed by atoms with Crippen LogP contribution in [0.1, 0.15) is 18.2 Å². The van der Waals surface area contributed by atoms with Crippen molar-refractivity contribution in [3.63, 3.8) is 0 Å². The molecule has 2 heteroatoms. The minimum absolute atomic E-state index is 0.433. The summed E-state index contributed by atoms with van der Waals surface area (Å²) in [4.78, 5) is 1.51. The van der Waals surface area contributed by atoms with Gasteiger partial charge in [0.05, 0.1) is 0 Å². The summed E-state index contributed by atoms with van der Waals surface area (Å²) < 4.78 is 0. The van der Waals surface area contributed by atoms with Gasteiger partial charge in [-0.05, 0) is 30.3 Å². The standard InChI is InChI=1S/C9H13NS/c1-9(5-7(9)6-10)8-3-2-4-11-8/h2-4,7H,5-6,10H2,1H3. The molecule has 0 aliphatic heterocycles. The molecule has 0 aromatic carbocycles. The molecule has 1 heterocycles. The molecule has 2 N–H and O–H groups in total. The van der Waals surface area contributed by atoms with Crippen LogP contribution in [-0.4, -0.2) is 6.54 Å². The molecule has 0 bridgehead atoms. The van der Waals surface area contributed by atoms with Crippen LogP contribution in [0.3, 0.4) is 0 Å². The van der Waals surface area contributed by atoms with Crippen LogP contribution in [0.5, 0.6) is 0 Å². The number of nitrogens with two attached hydrogens (primary N) is 1. The molecule has 1 aliphatic carbocycles. The third kappa shape index (κ3) is 1.01. The SMILES string of the molecule is CC1(c2cccs2)CC1CN. The van der Waals surface area contributed by atoms with Gasteiger partial charge in [-0.3, -0.25) is 0 Å². The smallest absolute Gasteiger partial charge is 0.0108 e. The second kappa shape index (κ2) is 2.32. The Morgan fingerprint density at radius 2 is 2.64 bits per heavy atom. The Morgan fingerprint density at radius 3 is 3.09 bits per heavy atom. The molecule has 60 valence electrons. The summed E-state index contributed by atoms with van der Waals surface area (Å²) in [7, 11) is 0. The highest BCUT2D eigenvalue weighted by Gasteiger charge is 2.50. The minimum Gasteiger partial charge on any atom is -0.330 e. The normalized spacial score (nSPS) is 35.6. The third-order valence-corrected chi connectivity index (χ3v) is 3.93. The maximum Gasteiger partial charge on any atom is 0.0108 e. The van der Waals surface area contributed by atoms with Crippen molar-refractivity contribution in [2.24, 2.45) is 11.7 Å². The Hall–Kier alpha value is -0.340. The monoisotopic (exact) mass is 167 g/mol. The number of thiophene rings is 1. The fraction of sp³-hybridized carbons (Fsp3) is 0.556. The van der Waals surface area contributed by atoms with E-state index in [1.807, 2.05) is 11.3 Å². The molecule has 2 atom stereocenters. The van der Waals surface area contributed by atoms with Gasteiger partial charge in [0.2, 0.25) is 0 Å². The van der Waals surface area contributed by atoms with Crippen LogP contribution in [0.4, 0.5) is 0 Å². The van der Waals surface area contributed by atoms with Crippen molar-refractivity contribution in [3.8, 4) is 0 Å². The zero-order valence-electron chi connectivity index (χ0n) is 6.71. The van der Waals surface area contributed by atoms with Gasteiger partial charge < -0.3 is 5.73 Å². The van der Waals surface area contributed by atoms with E-state index in [9.17, 15) is 0 Å². The van der Waals surface area contributed by atoms with Gasteiger partial charge in [-0.15, -0.1) is 11.3 Å². The average Bonchev–Trinajstić information content (AvgIpc) is 2.55. The van der Waals surface area contributed by atoms with E-state index in [1.165, 1.54) is 11.3 Å². The second-order valence-electron chi connectivity index (χ2n) is 3.53. The van der Waals surface area contributed by atoms with Crippen LogP contribution in [0.2, 0.25) is 0 Å². The molecule has 1 saturated carbocycles. The summed E-state index contributed by atoms with van der Waals surface area (Å²) >= 11 is 1.86. The van der Waals surface area contributed by atoms with Crippen LogP contribution >= 0.6 is 11.3 Å². The second-order valence-corrected chi connectivity index (χ2v) is 4.48. The van der Waals surface area contributed by atoms with Crippen molar-refractivity contribution >= 4 is 11.3 Å². The molecule has 1 nitrogen and oxygen atoms in total. The first-order valence-corrected chi connectivity index (χ1v) is 4.89. The summed E-state index contributed by atoms with van der Waals surface area (Å²) in [6.45, 7) is 3.16. The molecule has 2 unspecified atom stereocenters. The highest BCUT2D eigenvalue weighted by Crippen LogP contribution is 2.54. The van der Waals surface area contributed by atoms with E-state index in [0.717, 1.165) is 12.5 Å². The summed E-state index contributed by atoms with van der Waals surface area (Å²) in [5, 5.41) is 2.15. The Labute approximate surface area is 71.2 Å². The van der Waals surface area contributed by atoms with Crippen molar-refractivity contribution in [3.05, 3.63) is 22.4 Å². The molecular formula is C9H13NS. The predicted molar refractivity (Wildman–Crippen MR) is 48.8 cm³/mol. The summed E-state index contributed by atoms with van der Waals surface area (Å²) in [5.74, 6) is 0.737. The maximum atomic E-state index is 5.62. The van der Waals surface area contributed by atoms with E-state index < -0.39 is 0 Å². The fourth-order valence-corrected chi connectivity index (χ4v) is 2.68. The van der Waals surface area contributed by atoms with Crippen LogP contribution in [0.15, 0.2) is 17.5 Å². The quantitative estimate of drug-likeness (QED) is 0.716. The molecular weight excluding hydrogens is 154 g/mol. The Bertz CT molecular complexity index is 242. The lowest BCUT2D eigenvalue weighted by molar-refractivity contribution is 0.678. The molecule has 0 saturated heterocycles. The molecule has 11 heavy (non-hydrogen) atoms. The number of rotatable bonds is 2. The highest BCUT2D eigenvalue weighted by atomic mass is 32.1. The molecule has 1 aromatic rings. The predicted octanol–water partition coefficient (Wildman–Crippen LogP) is 1.98. The topological polar surface area (TPSA) is 26.0 Å². The summed E-state index contributed by atoms with van der Waals surface area (Å²) in [6.07, 6.45) is 1.28. The summed E-state index contributed by atoms with van der Waals surface area (Å²) in [5.41, 5.74) is 6.05. The van der Waals surface area contributed by atoms with E-state index in [-0.39, 0.29) is 0 Å². The van der Waals surface area contributed by atoms with Gasteiger partial charge in [-0.25, -0.2) is 0 Å². The van der Waals surface area contributed by atoms with Gasteiger partial charge in [-0.2, -0.15) is 0 Å². The zero-order valence-corrected chi connectivity index (χ0v) is 7.53. The molecule has 0 spiro atoms. The van der Waals surface area contributed by atoms with E-state index in [2.05, 4.69) is 24.4 Å². The first kappa shape index (κ1) is 7.32. The lowest BCUT2D eigenvalue weighted by Crippen LogP contribution is -2.10. The molecule has 1 fully saturated rings. The molecule has 0 radical (unpaired) electrons. The van der Waals surface area contributed by atoms with E-state index in [1.54, 1.807) is 0 Å². The maximum absolute atomic E-state index is 5.62. The summed E-state index contributed by atoms with van der Waals surface area (Å²) in [6, 6.07) is 4.34. The van der Waals surface area contributed by atoms with E-state index in [4.69, 9.17) is 5.73 Å². The van der Waals surface area contributed by atoms with Crippen LogP contribution in [-0.2, 0) is 5.41 Å². The molecule has 1 aliphatic rings. The van der Waals surface area contributed by atoms with Crippen molar-refractivity contribution in [1.82, 2.24) is 0 Å². The van der Waals surface area contributed by atoms with Gasteiger partial charge in [-0.1, -0.05) is 13.0 Å². The van der Waals surface area contributed by atoms with Crippen LogP contribution in [0.25, 0.3) is 0 Å². The Kier molecular flexibility index (Phi) is 1.55.